The van der Waals surface area contributed by atoms with E-state index in [1.54, 1.807) is 17.0 Å². The first kappa shape index (κ1) is 18.0. The number of nitrogens with one attached hydrogen (secondary N) is 1. The molecule has 3 rings (SSSR count). The molecule has 0 spiro atoms. The van der Waals surface area contributed by atoms with Crippen molar-refractivity contribution in [2.45, 2.75) is 18.0 Å². The monoisotopic (exact) mass is 366 g/mol. The van der Waals surface area contributed by atoms with Crippen LogP contribution in [0.4, 0.5) is 9.18 Å². The van der Waals surface area contributed by atoms with Crippen LogP contribution in [0.1, 0.15) is 11.1 Å². The molecule has 0 aliphatic rings. The normalized spacial score (nSPS) is 10.3. The highest BCUT2D eigenvalue weighted by molar-refractivity contribution is 7.98. The van der Waals surface area contributed by atoms with Crippen molar-refractivity contribution in [1.82, 2.24) is 9.62 Å². The van der Waals surface area contributed by atoms with Gasteiger partial charge in [-0.3, -0.25) is 4.72 Å². The van der Waals surface area contributed by atoms with Crippen molar-refractivity contribution in [3.05, 3.63) is 102 Å². The standard InChI is InChI=1S/C21H19FN2OS/c22-19-11-13-20(14-12-19)26-23-21(25)24(15-17-7-3-1-4-8-17)16-18-9-5-2-6-10-18/h1-14H,15-16H2,(H,23,25). The predicted molar refractivity (Wildman–Crippen MR) is 103 cm³/mol. The molecule has 3 aromatic carbocycles. The van der Waals surface area contributed by atoms with E-state index in [0.717, 1.165) is 16.0 Å². The van der Waals surface area contributed by atoms with E-state index in [-0.39, 0.29) is 11.8 Å². The summed E-state index contributed by atoms with van der Waals surface area (Å²) in [5, 5.41) is 0. The highest BCUT2D eigenvalue weighted by Crippen LogP contribution is 2.17. The molecule has 0 radical (unpaired) electrons. The number of hydrogen-bond donors (Lipinski definition) is 1. The summed E-state index contributed by atoms with van der Waals surface area (Å²) in [5.74, 6) is -0.296. The fourth-order valence-corrected chi connectivity index (χ4v) is 3.08. The highest BCUT2D eigenvalue weighted by Gasteiger charge is 2.15. The third-order valence-corrected chi connectivity index (χ3v) is 4.57. The third kappa shape index (κ3) is 5.36. The van der Waals surface area contributed by atoms with Gasteiger partial charge in [0, 0.05) is 18.0 Å². The number of urea groups is 1. The second-order valence-electron chi connectivity index (χ2n) is 5.79. The predicted octanol–water partition coefficient (Wildman–Crippen LogP) is 5.24. The number of rotatable bonds is 6. The lowest BCUT2D eigenvalue weighted by Gasteiger charge is -2.23. The first-order chi connectivity index (χ1) is 12.7. The van der Waals surface area contributed by atoms with E-state index in [9.17, 15) is 9.18 Å². The highest BCUT2D eigenvalue weighted by atomic mass is 32.2. The molecule has 0 aliphatic heterocycles. The SMILES string of the molecule is O=C(NSc1ccc(F)cc1)N(Cc1ccccc1)Cc1ccccc1. The summed E-state index contributed by atoms with van der Waals surface area (Å²) in [6, 6.07) is 25.6. The molecule has 2 amide bonds. The fraction of sp³-hybridized carbons (Fsp3) is 0.0952. The van der Waals surface area contributed by atoms with Crippen molar-refractivity contribution in [3.8, 4) is 0 Å². The Morgan fingerprint density at radius 2 is 1.31 bits per heavy atom. The summed E-state index contributed by atoms with van der Waals surface area (Å²) in [6.07, 6.45) is 0. The van der Waals surface area contributed by atoms with Crippen LogP contribution in [0.2, 0.25) is 0 Å². The van der Waals surface area contributed by atoms with E-state index in [2.05, 4.69) is 4.72 Å². The zero-order valence-corrected chi connectivity index (χ0v) is 15.0. The molecule has 0 aliphatic carbocycles. The fourth-order valence-electron chi connectivity index (χ4n) is 2.48. The number of carbonyl (C=O) groups is 1. The first-order valence-corrected chi connectivity index (χ1v) is 9.07. The number of benzene rings is 3. The van der Waals surface area contributed by atoms with Gasteiger partial charge in [-0.2, -0.15) is 0 Å². The molecule has 0 saturated heterocycles. The summed E-state index contributed by atoms with van der Waals surface area (Å²) in [4.78, 5) is 15.2. The molecule has 0 heterocycles. The van der Waals surface area contributed by atoms with Gasteiger partial charge < -0.3 is 4.90 Å². The van der Waals surface area contributed by atoms with Crippen molar-refractivity contribution >= 4 is 18.0 Å². The molecule has 132 valence electrons. The van der Waals surface area contributed by atoms with Crippen LogP contribution >= 0.6 is 11.9 Å². The number of hydrogen-bond acceptors (Lipinski definition) is 2. The molecule has 3 nitrogen and oxygen atoms in total. The molecular formula is C21H19FN2OS. The van der Waals surface area contributed by atoms with Crippen LogP contribution in [0, 0.1) is 5.82 Å². The molecular weight excluding hydrogens is 347 g/mol. The maximum Gasteiger partial charge on any atom is 0.328 e. The summed E-state index contributed by atoms with van der Waals surface area (Å²) in [7, 11) is 0. The van der Waals surface area contributed by atoms with Crippen LogP contribution < -0.4 is 4.72 Å². The Labute approximate surface area is 157 Å². The average Bonchev–Trinajstić information content (AvgIpc) is 2.68. The zero-order chi connectivity index (χ0) is 18.2. The second-order valence-corrected chi connectivity index (χ2v) is 6.67. The quantitative estimate of drug-likeness (QED) is 0.605. The van der Waals surface area contributed by atoms with E-state index < -0.39 is 0 Å². The van der Waals surface area contributed by atoms with Gasteiger partial charge in [0.15, 0.2) is 0 Å². The summed E-state index contributed by atoms with van der Waals surface area (Å²) >= 11 is 1.18. The van der Waals surface area contributed by atoms with E-state index in [4.69, 9.17) is 0 Å². The maximum absolute atomic E-state index is 13.0. The van der Waals surface area contributed by atoms with E-state index in [1.165, 1.54) is 24.1 Å². The van der Waals surface area contributed by atoms with Gasteiger partial charge in [-0.25, -0.2) is 9.18 Å². The first-order valence-electron chi connectivity index (χ1n) is 8.26. The molecule has 0 aromatic heterocycles. The molecule has 0 unspecified atom stereocenters. The van der Waals surface area contributed by atoms with Crippen LogP contribution in [0.5, 0.6) is 0 Å². The van der Waals surface area contributed by atoms with Crippen LogP contribution in [0.3, 0.4) is 0 Å². The maximum atomic E-state index is 13.0. The lowest BCUT2D eigenvalue weighted by molar-refractivity contribution is 0.199. The Kier molecular flexibility index (Phi) is 6.28. The molecule has 1 N–H and O–H groups in total. The molecule has 0 bridgehead atoms. The lowest BCUT2D eigenvalue weighted by Crippen LogP contribution is -2.36. The largest absolute Gasteiger partial charge is 0.328 e. The van der Waals surface area contributed by atoms with Crippen LogP contribution in [-0.2, 0) is 13.1 Å². The summed E-state index contributed by atoms with van der Waals surface area (Å²) in [6.45, 7) is 1.01. The number of nitrogens with zero attached hydrogens (tertiary/aromatic N) is 1. The van der Waals surface area contributed by atoms with Crippen molar-refractivity contribution in [1.29, 1.82) is 0 Å². The van der Waals surface area contributed by atoms with Crippen molar-refractivity contribution < 1.29 is 9.18 Å². The molecule has 0 fully saturated rings. The van der Waals surface area contributed by atoms with Crippen molar-refractivity contribution in [2.24, 2.45) is 0 Å². The second kappa shape index (κ2) is 9.06. The smallest absolute Gasteiger partial charge is 0.315 e. The Morgan fingerprint density at radius 3 is 1.81 bits per heavy atom. The van der Waals surface area contributed by atoms with Crippen LogP contribution in [0.25, 0.3) is 0 Å². The number of carbonyl (C=O) groups excluding carboxylic acids is 1. The van der Waals surface area contributed by atoms with E-state index in [0.29, 0.717) is 13.1 Å². The number of amides is 2. The third-order valence-electron chi connectivity index (χ3n) is 3.79. The zero-order valence-electron chi connectivity index (χ0n) is 14.1. The van der Waals surface area contributed by atoms with Gasteiger partial charge >= 0.3 is 6.03 Å². The Balaban J connectivity index is 1.68. The summed E-state index contributed by atoms with van der Waals surface area (Å²) in [5.41, 5.74) is 2.12. The van der Waals surface area contributed by atoms with Gasteiger partial charge in [0.05, 0.1) is 0 Å². The van der Waals surface area contributed by atoms with E-state index >= 15 is 0 Å². The van der Waals surface area contributed by atoms with Crippen molar-refractivity contribution in [2.75, 3.05) is 0 Å². The Bertz CT molecular complexity index is 784. The lowest BCUT2D eigenvalue weighted by atomic mass is 10.2. The molecule has 0 saturated carbocycles. The molecule has 3 aromatic rings. The van der Waals surface area contributed by atoms with Crippen LogP contribution in [0.15, 0.2) is 89.8 Å². The van der Waals surface area contributed by atoms with Gasteiger partial charge in [-0.1, -0.05) is 60.7 Å². The molecule has 5 heteroatoms. The minimum absolute atomic E-state index is 0.188. The van der Waals surface area contributed by atoms with Gasteiger partial charge in [0.2, 0.25) is 0 Å². The Hall–Kier alpha value is -2.79. The Morgan fingerprint density at radius 1 is 0.808 bits per heavy atom. The van der Waals surface area contributed by atoms with Gasteiger partial charge in [0.1, 0.15) is 5.82 Å². The van der Waals surface area contributed by atoms with Gasteiger partial charge in [-0.05, 0) is 47.3 Å². The van der Waals surface area contributed by atoms with Gasteiger partial charge in [0.25, 0.3) is 0 Å². The van der Waals surface area contributed by atoms with Crippen molar-refractivity contribution in [3.63, 3.8) is 0 Å². The van der Waals surface area contributed by atoms with Crippen LogP contribution in [-0.4, -0.2) is 10.9 Å². The summed E-state index contributed by atoms with van der Waals surface area (Å²) < 4.78 is 15.8. The van der Waals surface area contributed by atoms with E-state index in [1.807, 2.05) is 60.7 Å². The topological polar surface area (TPSA) is 32.3 Å². The minimum Gasteiger partial charge on any atom is -0.315 e. The number of halogens is 1. The average molecular weight is 366 g/mol. The van der Waals surface area contributed by atoms with Gasteiger partial charge in [-0.15, -0.1) is 0 Å². The molecule has 0 atom stereocenters. The molecule has 26 heavy (non-hydrogen) atoms. The minimum atomic E-state index is -0.296.